The highest BCUT2D eigenvalue weighted by atomic mass is 32.1. The van der Waals surface area contributed by atoms with E-state index in [0.717, 1.165) is 5.92 Å². The zero-order valence-electron chi connectivity index (χ0n) is 11.3. The van der Waals surface area contributed by atoms with Gasteiger partial charge in [0.25, 0.3) is 0 Å². The number of hydrogen-bond donors (Lipinski definition) is 2. The molecule has 0 spiro atoms. The van der Waals surface area contributed by atoms with Crippen molar-refractivity contribution >= 4 is 27.5 Å². The summed E-state index contributed by atoms with van der Waals surface area (Å²) >= 11 is 1.21. The smallest absolute Gasteiger partial charge is 0.226 e. The van der Waals surface area contributed by atoms with Crippen molar-refractivity contribution in [3.8, 4) is 0 Å². The molecule has 5 nitrogen and oxygen atoms in total. The van der Waals surface area contributed by atoms with Crippen LogP contribution in [0, 0.1) is 23.2 Å². The second kappa shape index (κ2) is 4.44. The minimum Gasteiger partial charge on any atom is -0.374 e. The van der Waals surface area contributed by atoms with Gasteiger partial charge in [-0.05, 0) is 42.4 Å². The number of nitrogens with one attached hydrogen (secondary N) is 1. The fourth-order valence-electron chi connectivity index (χ4n) is 3.90. The van der Waals surface area contributed by atoms with E-state index in [4.69, 9.17) is 5.73 Å². The summed E-state index contributed by atoms with van der Waals surface area (Å²) in [7, 11) is 0. The predicted molar refractivity (Wildman–Crippen MR) is 75.7 cm³/mol. The molecule has 0 aliphatic heterocycles. The first kappa shape index (κ1) is 12.8. The molecule has 6 heteroatoms. The normalized spacial score (nSPS) is 31.6. The number of nitrogen functional groups attached to an aromatic ring is 1. The van der Waals surface area contributed by atoms with E-state index >= 15 is 0 Å². The summed E-state index contributed by atoms with van der Waals surface area (Å²) in [6.45, 7) is 4.70. The number of carbonyl (C=O) groups is 1. The topological polar surface area (TPSA) is 80.9 Å². The van der Waals surface area contributed by atoms with Crippen LogP contribution in [0.3, 0.4) is 0 Å². The number of aromatic nitrogens is 2. The van der Waals surface area contributed by atoms with E-state index in [2.05, 4.69) is 29.4 Å². The molecule has 3 aliphatic carbocycles. The van der Waals surface area contributed by atoms with Crippen LogP contribution < -0.4 is 11.1 Å². The number of amides is 1. The molecule has 2 bridgehead atoms. The first-order valence-electron chi connectivity index (χ1n) is 6.85. The molecule has 0 aromatic carbocycles. The lowest BCUT2D eigenvalue weighted by Crippen LogP contribution is -2.52. The highest BCUT2D eigenvalue weighted by molar-refractivity contribution is 7.18. The van der Waals surface area contributed by atoms with Gasteiger partial charge in [-0.3, -0.25) is 4.79 Å². The number of carbonyl (C=O) groups excluding carboxylic acids is 1. The third kappa shape index (κ3) is 2.22. The quantitative estimate of drug-likeness (QED) is 0.891. The molecular weight excluding hydrogens is 260 g/mol. The molecule has 1 heterocycles. The second-order valence-corrected chi connectivity index (χ2v) is 7.40. The molecule has 19 heavy (non-hydrogen) atoms. The van der Waals surface area contributed by atoms with Gasteiger partial charge < -0.3 is 11.1 Å². The van der Waals surface area contributed by atoms with Gasteiger partial charge in [-0.2, -0.15) is 0 Å². The first-order chi connectivity index (χ1) is 8.96. The maximum Gasteiger partial charge on any atom is 0.226 e. The zero-order chi connectivity index (χ0) is 13.6. The number of nitrogens with two attached hydrogens (primary N) is 1. The van der Waals surface area contributed by atoms with Gasteiger partial charge >= 0.3 is 0 Å². The van der Waals surface area contributed by atoms with E-state index in [1.165, 1.54) is 30.6 Å². The van der Waals surface area contributed by atoms with Crippen LogP contribution in [0.15, 0.2) is 0 Å². The van der Waals surface area contributed by atoms with E-state index in [1.54, 1.807) is 0 Å². The average molecular weight is 280 g/mol. The summed E-state index contributed by atoms with van der Waals surface area (Å²) in [5.41, 5.74) is 5.92. The number of rotatable bonds is 3. The fraction of sp³-hybridized carbons (Fsp3) is 0.769. The molecule has 104 valence electrons. The van der Waals surface area contributed by atoms with Crippen molar-refractivity contribution in [3.05, 3.63) is 0 Å². The Bertz CT molecular complexity index is 497. The summed E-state index contributed by atoms with van der Waals surface area (Å²) in [4.78, 5) is 12.1. The summed E-state index contributed by atoms with van der Waals surface area (Å²) < 4.78 is 0. The van der Waals surface area contributed by atoms with Crippen molar-refractivity contribution in [2.75, 3.05) is 11.1 Å². The minimum atomic E-state index is 0.0438. The molecule has 1 aromatic heterocycles. The van der Waals surface area contributed by atoms with Gasteiger partial charge in [0, 0.05) is 6.42 Å². The Morgan fingerprint density at radius 1 is 1.47 bits per heavy atom. The molecule has 0 saturated heterocycles. The van der Waals surface area contributed by atoms with Gasteiger partial charge in [0.2, 0.25) is 16.2 Å². The standard InChI is InChI=1S/C13H20N4OS/c1-13(2)8-4-3-7(9(13)6-8)5-10(18)15-12-17-16-11(14)19-12/h7-9H,3-6H2,1-2H3,(H2,14,16)(H,15,17,18)/t7-,8?,9?/m0/s1. The highest BCUT2D eigenvalue weighted by Gasteiger charge is 2.54. The zero-order valence-corrected chi connectivity index (χ0v) is 12.2. The Hall–Kier alpha value is -1.17. The molecule has 3 fully saturated rings. The van der Waals surface area contributed by atoms with E-state index in [0.29, 0.717) is 33.9 Å². The van der Waals surface area contributed by atoms with Gasteiger partial charge in [0.15, 0.2) is 0 Å². The van der Waals surface area contributed by atoms with Crippen molar-refractivity contribution in [2.24, 2.45) is 23.2 Å². The van der Waals surface area contributed by atoms with E-state index < -0.39 is 0 Å². The van der Waals surface area contributed by atoms with Gasteiger partial charge in [-0.15, -0.1) is 10.2 Å². The maximum absolute atomic E-state index is 12.1. The largest absolute Gasteiger partial charge is 0.374 e. The predicted octanol–water partition coefficient (Wildman–Crippen LogP) is 2.52. The molecule has 4 rings (SSSR count). The number of anilines is 2. The van der Waals surface area contributed by atoms with Crippen LogP contribution in [0.4, 0.5) is 10.3 Å². The van der Waals surface area contributed by atoms with Gasteiger partial charge in [0.05, 0.1) is 0 Å². The van der Waals surface area contributed by atoms with Crippen molar-refractivity contribution < 1.29 is 4.79 Å². The number of nitrogens with zero attached hydrogens (tertiary/aromatic N) is 2. The fourth-order valence-corrected chi connectivity index (χ4v) is 4.43. The molecule has 1 aromatic rings. The summed E-state index contributed by atoms with van der Waals surface area (Å²) in [6.07, 6.45) is 4.36. The van der Waals surface area contributed by atoms with E-state index in [-0.39, 0.29) is 5.91 Å². The molecule has 1 amide bonds. The van der Waals surface area contributed by atoms with Crippen molar-refractivity contribution in [3.63, 3.8) is 0 Å². The minimum absolute atomic E-state index is 0.0438. The Kier molecular flexibility index (Phi) is 3.00. The molecule has 2 unspecified atom stereocenters. The maximum atomic E-state index is 12.1. The average Bonchev–Trinajstić information content (AvgIpc) is 2.74. The first-order valence-corrected chi connectivity index (χ1v) is 7.67. The number of fused-ring (bicyclic) bond motifs is 2. The van der Waals surface area contributed by atoms with Crippen LogP contribution in [0.25, 0.3) is 0 Å². The van der Waals surface area contributed by atoms with Crippen LogP contribution in [0.5, 0.6) is 0 Å². The molecule has 3 atom stereocenters. The lowest BCUT2D eigenvalue weighted by molar-refractivity contribution is -0.128. The van der Waals surface area contributed by atoms with Crippen molar-refractivity contribution in [2.45, 2.75) is 39.5 Å². The summed E-state index contributed by atoms with van der Waals surface area (Å²) in [6, 6.07) is 0. The Morgan fingerprint density at radius 2 is 2.26 bits per heavy atom. The molecule has 0 radical (unpaired) electrons. The molecule has 3 N–H and O–H groups in total. The van der Waals surface area contributed by atoms with Crippen LogP contribution in [-0.2, 0) is 4.79 Å². The highest BCUT2D eigenvalue weighted by Crippen LogP contribution is 2.61. The number of hydrogen-bond acceptors (Lipinski definition) is 5. The summed E-state index contributed by atoms with van der Waals surface area (Å²) in [5.74, 6) is 2.14. The second-order valence-electron chi connectivity index (χ2n) is 6.40. The van der Waals surface area contributed by atoms with Crippen molar-refractivity contribution in [1.29, 1.82) is 0 Å². The molecule has 3 aliphatic rings. The van der Waals surface area contributed by atoms with Gasteiger partial charge in [-0.25, -0.2) is 0 Å². The van der Waals surface area contributed by atoms with Gasteiger partial charge in [-0.1, -0.05) is 25.2 Å². The van der Waals surface area contributed by atoms with Crippen LogP contribution in [0.2, 0.25) is 0 Å². The third-order valence-corrected chi connectivity index (χ3v) is 5.80. The van der Waals surface area contributed by atoms with Gasteiger partial charge in [0.1, 0.15) is 0 Å². The van der Waals surface area contributed by atoms with Crippen LogP contribution >= 0.6 is 11.3 Å². The monoisotopic (exact) mass is 280 g/mol. The van der Waals surface area contributed by atoms with Crippen molar-refractivity contribution in [1.82, 2.24) is 10.2 Å². The molecule has 3 saturated carbocycles. The SMILES string of the molecule is CC1(C)C2CC[C@@H](CC(=O)Nc3nnc(N)s3)C1C2. The van der Waals surface area contributed by atoms with E-state index in [9.17, 15) is 4.79 Å². The Morgan fingerprint density at radius 3 is 2.84 bits per heavy atom. The van der Waals surface area contributed by atoms with E-state index in [1.807, 2.05) is 0 Å². The Balaban J connectivity index is 1.58. The lowest BCUT2D eigenvalue weighted by atomic mass is 9.45. The van der Waals surface area contributed by atoms with Crippen LogP contribution in [-0.4, -0.2) is 16.1 Å². The molecular formula is C13H20N4OS. The lowest BCUT2D eigenvalue weighted by Gasteiger charge is -2.60. The summed E-state index contributed by atoms with van der Waals surface area (Å²) in [5, 5.41) is 11.2. The van der Waals surface area contributed by atoms with Crippen LogP contribution in [0.1, 0.15) is 39.5 Å². The Labute approximate surface area is 117 Å². The third-order valence-electron chi connectivity index (χ3n) is 5.14.